The number of esters is 1. The summed E-state index contributed by atoms with van der Waals surface area (Å²) in [5.41, 5.74) is 0.529. The van der Waals surface area contributed by atoms with Crippen LogP contribution in [0.25, 0.3) is 0 Å². The second kappa shape index (κ2) is 26.4. The van der Waals surface area contributed by atoms with Gasteiger partial charge in [-0.15, -0.1) is 0 Å². The molecule has 232 valence electrons. The zero-order valence-corrected chi connectivity index (χ0v) is 25.6. The predicted octanol–water partition coefficient (Wildman–Crippen LogP) is 2.83. The number of hydrogen-bond acceptors (Lipinski definition) is 11. The average Bonchev–Trinajstić information content (AvgIpc) is 2.94. The van der Waals surface area contributed by atoms with E-state index in [1.54, 1.807) is 24.3 Å². The maximum atomic E-state index is 11.8. The Labute approximate surface area is 240 Å². The van der Waals surface area contributed by atoms with E-state index in [4.69, 9.17) is 47.1 Å². The van der Waals surface area contributed by atoms with Crippen LogP contribution in [-0.4, -0.2) is 133 Å². The Kier molecular flexibility index (Phi) is 24.2. The summed E-state index contributed by atoms with van der Waals surface area (Å²) in [7, 11) is -1.45. The zero-order chi connectivity index (χ0) is 29.0. The molecule has 0 atom stereocenters. The van der Waals surface area contributed by atoms with Crippen LogP contribution in [0.5, 0.6) is 0 Å². The summed E-state index contributed by atoms with van der Waals surface area (Å²) in [5, 5.41) is 0. The van der Waals surface area contributed by atoms with Crippen LogP contribution in [0.2, 0.25) is 19.6 Å². The van der Waals surface area contributed by atoms with E-state index in [1.807, 2.05) is 6.07 Å². The van der Waals surface area contributed by atoms with Gasteiger partial charge in [0.15, 0.2) is 8.32 Å². The molecule has 0 radical (unpaired) electrons. The lowest BCUT2D eigenvalue weighted by Gasteiger charge is -2.16. The van der Waals surface area contributed by atoms with Crippen molar-refractivity contribution < 1.29 is 51.9 Å². The number of ether oxygens (including phenoxy) is 9. The van der Waals surface area contributed by atoms with Crippen LogP contribution in [0.15, 0.2) is 30.3 Å². The van der Waals surface area contributed by atoms with E-state index >= 15 is 0 Å². The fourth-order valence-electron chi connectivity index (χ4n) is 2.90. The first-order valence-electron chi connectivity index (χ1n) is 14.0. The van der Waals surface area contributed by atoms with Gasteiger partial charge >= 0.3 is 5.97 Å². The Bertz CT molecular complexity index is 689. The van der Waals surface area contributed by atoms with Crippen LogP contribution in [0.3, 0.4) is 0 Å². The highest BCUT2D eigenvalue weighted by Crippen LogP contribution is 2.02. The molecule has 0 saturated heterocycles. The Morgan fingerprint density at radius 2 is 0.775 bits per heavy atom. The van der Waals surface area contributed by atoms with Crippen LogP contribution in [0.1, 0.15) is 10.4 Å². The second-order valence-corrected chi connectivity index (χ2v) is 13.9. The topological polar surface area (TPSA) is 109 Å². The van der Waals surface area contributed by atoms with Crippen molar-refractivity contribution in [2.24, 2.45) is 0 Å². The fraction of sp³-hybridized carbons (Fsp3) is 0.750. The van der Waals surface area contributed by atoms with Gasteiger partial charge in [-0.1, -0.05) is 18.2 Å². The maximum Gasteiger partial charge on any atom is 0.338 e. The van der Waals surface area contributed by atoms with E-state index in [2.05, 4.69) is 19.6 Å². The van der Waals surface area contributed by atoms with Crippen molar-refractivity contribution in [2.75, 3.05) is 119 Å². The van der Waals surface area contributed by atoms with E-state index in [-0.39, 0.29) is 12.6 Å². The first-order valence-corrected chi connectivity index (χ1v) is 17.4. The highest BCUT2D eigenvalue weighted by Gasteiger charge is 2.13. The summed E-state index contributed by atoms with van der Waals surface area (Å²) < 4.78 is 54.4. The van der Waals surface area contributed by atoms with Gasteiger partial charge in [-0.2, -0.15) is 0 Å². The molecule has 1 aromatic carbocycles. The highest BCUT2D eigenvalue weighted by atomic mass is 28.4. The molecule has 0 unspecified atom stereocenters. The zero-order valence-electron chi connectivity index (χ0n) is 24.6. The van der Waals surface area contributed by atoms with E-state index in [1.165, 1.54) is 0 Å². The van der Waals surface area contributed by atoms with Crippen molar-refractivity contribution in [2.45, 2.75) is 19.6 Å². The van der Waals surface area contributed by atoms with Crippen LogP contribution in [0.4, 0.5) is 0 Å². The lowest BCUT2D eigenvalue weighted by Crippen LogP contribution is -2.27. The van der Waals surface area contributed by atoms with E-state index < -0.39 is 8.32 Å². The van der Waals surface area contributed by atoms with Crippen LogP contribution >= 0.6 is 0 Å². The standard InChI is InChI=1S/C28H50O11Si/c1-40(2,3)39-26-24-37-22-20-35-18-16-33-14-12-31-10-9-30-11-13-32-15-17-34-19-21-36-23-25-38-28(29)27-7-5-4-6-8-27/h4-8H,9-26H2,1-3H3. The van der Waals surface area contributed by atoms with Crippen LogP contribution in [0, 0.1) is 0 Å². The van der Waals surface area contributed by atoms with Gasteiger partial charge in [0.2, 0.25) is 0 Å². The molecule has 11 nitrogen and oxygen atoms in total. The highest BCUT2D eigenvalue weighted by molar-refractivity contribution is 6.69. The number of rotatable bonds is 29. The molecule has 0 saturated carbocycles. The summed E-state index contributed by atoms with van der Waals surface area (Å²) in [6.45, 7) is 15.3. The van der Waals surface area contributed by atoms with Crippen molar-refractivity contribution in [3.8, 4) is 0 Å². The van der Waals surface area contributed by atoms with Crippen molar-refractivity contribution in [1.29, 1.82) is 0 Å². The van der Waals surface area contributed by atoms with E-state index in [0.29, 0.717) is 118 Å². The van der Waals surface area contributed by atoms with Crippen LogP contribution < -0.4 is 0 Å². The molecule has 0 aliphatic rings. The Morgan fingerprint density at radius 3 is 1.10 bits per heavy atom. The monoisotopic (exact) mass is 590 g/mol. The van der Waals surface area contributed by atoms with Crippen molar-refractivity contribution in [3.63, 3.8) is 0 Å². The van der Waals surface area contributed by atoms with Gasteiger partial charge < -0.3 is 47.1 Å². The van der Waals surface area contributed by atoms with Crippen molar-refractivity contribution >= 4 is 14.3 Å². The summed E-state index contributed by atoms with van der Waals surface area (Å²) in [6.07, 6.45) is 0. The Morgan fingerprint density at radius 1 is 0.475 bits per heavy atom. The SMILES string of the molecule is C[Si](C)(C)OCCOCCOCCOCCOCCOCCOCCOCCOCCOC(=O)c1ccccc1. The lowest BCUT2D eigenvalue weighted by molar-refractivity contribution is -0.0248. The summed E-state index contributed by atoms with van der Waals surface area (Å²) in [4.78, 5) is 11.8. The third-order valence-electron chi connectivity index (χ3n) is 4.84. The molecule has 0 aliphatic carbocycles. The first-order chi connectivity index (χ1) is 19.5. The van der Waals surface area contributed by atoms with Gasteiger partial charge in [-0.25, -0.2) is 4.79 Å². The largest absolute Gasteiger partial charge is 0.460 e. The number of hydrogen-bond donors (Lipinski definition) is 0. The Balaban J connectivity index is 1.66. The third-order valence-corrected chi connectivity index (χ3v) is 5.91. The van der Waals surface area contributed by atoms with Gasteiger partial charge in [0.05, 0.1) is 118 Å². The molecule has 0 aliphatic heterocycles. The maximum absolute atomic E-state index is 11.8. The molecule has 40 heavy (non-hydrogen) atoms. The summed E-state index contributed by atoms with van der Waals surface area (Å²) in [6, 6.07) is 8.86. The van der Waals surface area contributed by atoms with Gasteiger partial charge in [-0.05, 0) is 31.8 Å². The normalized spacial score (nSPS) is 11.7. The Hall–Kier alpha value is -1.45. The van der Waals surface area contributed by atoms with E-state index in [9.17, 15) is 4.79 Å². The molecule has 0 fully saturated rings. The molecule has 0 aromatic heterocycles. The molecular formula is C28H50O11Si. The van der Waals surface area contributed by atoms with E-state index in [0.717, 1.165) is 0 Å². The lowest BCUT2D eigenvalue weighted by atomic mass is 10.2. The van der Waals surface area contributed by atoms with Crippen molar-refractivity contribution in [1.82, 2.24) is 0 Å². The molecule has 12 heteroatoms. The average molecular weight is 591 g/mol. The van der Waals surface area contributed by atoms with Gasteiger partial charge in [-0.3, -0.25) is 0 Å². The molecule has 0 N–H and O–H groups in total. The van der Waals surface area contributed by atoms with Gasteiger partial charge in [0.25, 0.3) is 0 Å². The fourth-order valence-corrected chi connectivity index (χ4v) is 3.59. The minimum atomic E-state index is -1.45. The minimum Gasteiger partial charge on any atom is -0.460 e. The molecule has 0 spiro atoms. The quantitative estimate of drug-likeness (QED) is 0.0781. The third kappa shape index (κ3) is 25.5. The molecule has 0 bridgehead atoms. The molecule has 0 amide bonds. The first kappa shape index (κ1) is 36.6. The number of carbonyl (C=O) groups is 1. The molecular weight excluding hydrogens is 540 g/mol. The minimum absolute atomic E-state index is 0.206. The predicted molar refractivity (Wildman–Crippen MR) is 153 cm³/mol. The molecule has 1 aromatic rings. The summed E-state index contributed by atoms with van der Waals surface area (Å²) in [5.74, 6) is -0.353. The second-order valence-electron chi connectivity index (χ2n) is 9.36. The van der Waals surface area contributed by atoms with Crippen LogP contribution in [-0.2, 0) is 47.1 Å². The molecule has 1 rings (SSSR count). The summed E-state index contributed by atoms with van der Waals surface area (Å²) >= 11 is 0. The van der Waals surface area contributed by atoms with Gasteiger partial charge in [0, 0.05) is 0 Å². The van der Waals surface area contributed by atoms with Crippen molar-refractivity contribution in [3.05, 3.63) is 35.9 Å². The molecule has 0 heterocycles. The number of carbonyl (C=O) groups excluding carboxylic acids is 1. The number of benzene rings is 1. The smallest absolute Gasteiger partial charge is 0.338 e. The van der Waals surface area contributed by atoms with Gasteiger partial charge in [0.1, 0.15) is 6.61 Å².